The molecule has 0 saturated heterocycles. The van der Waals surface area contributed by atoms with Gasteiger partial charge in [0.05, 0.1) is 0 Å². The van der Waals surface area contributed by atoms with Gasteiger partial charge in [-0.25, -0.2) is 9.66 Å². The van der Waals surface area contributed by atoms with Crippen LogP contribution in [-0.2, 0) is 0 Å². The van der Waals surface area contributed by atoms with Crippen molar-refractivity contribution in [1.29, 1.82) is 5.41 Å². The van der Waals surface area contributed by atoms with E-state index in [-0.39, 0.29) is 0 Å². The fourth-order valence-electron chi connectivity index (χ4n) is 1.59. The maximum Gasteiger partial charge on any atom is 0.197 e. The van der Waals surface area contributed by atoms with Gasteiger partial charge in [-0.1, -0.05) is 0 Å². The van der Waals surface area contributed by atoms with E-state index in [1.54, 1.807) is 34.0 Å². The van der Waals surface area contributed by atoms with Gasteiger partial charge < -0.3 is 0 Å². The smallest absolute Gasteiger partial charge is 0.197 e. The monoisotopic (exact) mass is 247 g/mol. The number of aromatic nitrogens is 3. The van der Waals surface area contributed by atoms with Gasteiger partial charge in [-0.2, -0.15) is 0 Å². The topological polar surface area (TPSA) is 58.6 Å². The number of aryl methyl sites for hydroxylation is 2. The Bertz CT molecular complexity index is 597. The molecule has 0 unspecified atom stereocenters. The van der Waals surface area contributed by atoms with Crippen molar-refractivity contribution in [3.8, 4) is 0 Å². The van der Waals surface area contributed by atoms with Gasteiger partial charge >= 0.3 is 0 Å². The summed E-state index contributed by atoms with van der Waals surface area (Å²) in [7, 11) is 0. The number of imidazole rings is 1. The Hall–Kier alpha value is -1.95. The molecule has 0 aliphatic heterocycles. The number of rotatable bonds is 1. The maximum atomic E-state index is 7.89. The Morgan fingerprint density at radius 1 is 1.41 bits per heavy atom. The van der Waals surface area contributed by atoms with E-state index in [0.717, 1.165) is 11.3 Å². The second-order valence-electron chi connectivity index (χ2n) is 3.78. The lowest BCUT2D eigenvalue weighted by Gasteiger charge is -2.15. The number of hydrogen-bond donors (Lipinski definition) is 2. The molecule has 2 aromatic heterocycles. The Labute approximate surface area is 104 Å². The number of hydrogen-bond acceptors (Lipinski definition) is 3. The molecule has 0 bridgehead atoms. The van der Waals surface area contributed by atoms with Crippen LogP contribution in [0.1, 0.15) is 11.3 Å². The van der Waals surface area contributed by atoms with Crippen molar-refractivity contribution < 1.29 is 0 Å². The first-order chi connectivity index (χ1) is 8.08. The van der Waals surface area contributed by atoms with Crippen LogP contribution in [0, 0.1) is 19.3 Å². The van der Waals surface area contributed by atoms with Crippen molar-refractivity contribution >= 4 is 17.3 Å². The minimum absolute atomic E-state index is 0.366. The first-order valence-electron chi connectivity index (χ1n) is 5.12. The van der Waals surface area contributed by atoms with Crippen molar-refractivity contribution in [3.05, 3.63) is 47.6 Å². The second kappa shape index (κ2) is 4.50. The van der Waals surface area contributed by atoms with Gasteiger partial charge in [0, 0.05) is 18.1 Å². The summed E-state index contributed by atoms with van der Waals surface area (Å²) in [4.78, 5) is 3.92. The van der Waals surface area contributed by atoms with Crippen LogP contribution >= 0.6 is 12.2 Å². The second-order valence-corrected chi connectivity index (χ2v) is 4.17. The molecule has 0 atom stereocenters. The van der Waals surface area contributed by atoms with E-state index in [2.05, 4.69) is 10.4 Å². The third kappa shape index (κ3) is 2.42. The van der Waals surface area contributed by atoms with Crippen LogP contribution in [0.3, 0.4) is 0 Å². The lowest BCUT2D eigenvalue weighted by Crippen LogP contribution is -2.36. The van der Waals surface area contributed by atoms with Crippen molar-refractivity contribution in [2.24, 2.45) is 0 Å². The van der Waals surface area contributed by atoms with E-state index in [9.17, 15) is 0 Å². The Kier molecular flexibility index (Phi) is 3.06. The van der Waals surface area contributed by atoms with Crippen molar-refractivity contribution in [1.82, 2.24) is 14.2 Å². The largest absolute Gasteiger partial charge is 0.283 e. The van der Waals surface area contributed by atoms with E-state index in [1.165, 1.54) is 0 Å². The molecule has 2 N–H and O–H groups in total. The molecular formula is C11H13N5S. The summed E-state index contributed by atoms with van der Waals surface area (Å²) in [6.07, 6.45) is 5.02. The normalized spacial score (nSPS) is 10.2. The van der Waals surface area contributed by atoms with Crippen LogP contribution in [0.15, 0.2) is 30.9 Å². The van der Waals surface area contributed by atoms with E-state index in [1.807, 2.05) is 19.9 Å². The Morgan fingerprint density at radius 3 is 2.76 bits per heavy atom. The fraction of sp³-hybridized carbons (Fsp3) is 0.182. The van der Waals surface area contributed by atoms with Crippen molar-refractivity contribution in [2.45, 2.75) is 13.8 Å². The van der Waals surface area contributed by atoms with Gasteiger partial charge in [0.2, 0.25) is 0 Å². The van der Waals surface area contributed by atoms with Gasteiger partial charge in [0.1, 0.15) is 11.8 Å². The molecule has 0 spiro atoms. The molecule has 2 aromatic rings. The van der Waals surface area contributed by atoms with E-state index >= 15 is 0 Å². The molecule has 5 nitrogen and oxygen atoms in total. The van der Waals surface area contributed by atoms with Crippen LogP contribution in [0.2, 0.25) is 0 Å². The first kappa shape index (κ1) is 11.5. The minimum Gasteiger partial charge on any atom is -0.283 e. The summed E-state index contributed by atoms with van der Waals surface area (Å²) in [5, 5.41) is 8.37. The molecule has 88 valence electrons. The zero-order valence-corrected chi connectivity index (χ0v) is 10.5. The zero-order chi connectivity index (χ0) is 12.4. The van der Waals surface area contributed by atoms with E-state index in [0.29, 0.717) is 10.6 Å². The van der Waals surface area contributed by atoms with Crippen molar-refractivity contribution in [2.75, 3.05) is 5.43 Å². The van der Waals surface area contributed by atoms with Crippen LogP contribution in [0.4, 0.5) is 0 Å². The fourth-order valence-corrected chi connectivity index (χ4v) is 1.79. The van der Waals surface area contributed by atoms with Gasteiger partial charge in [-0.15, -0.1) is 0 Å². The Morgan fingerprint density at radius 2 is 2.18 bits per heavy atom. The van der Waals surface area contributed by atoms with E-state index in [4.69, 9.17) is 17.6 Å². The molecule has 0 radical (unpaired) electrons. The van der Waals surface area contributed by atoms with Crippen LogP contribution in [-0.4, -0.2) is 19.3 Å². The zero-order valence-electron chi connectivity index (χ0n) is 9.64. The summed E-state index contributed by atoms with van der Waals surface area (Å²) in [6.45, 7) is 3.89. The van der Waals surface area contributed by atoms with Crippen LogP contribution in [0.5, 0.6) is 0 Å². The highest BCUT2D eigenvalue weighted by Crippen LogP contribution is 1.98. The lowest BCUT2D eigenvalue weighted by molar-refractivity contribution is 0.814. The standard InChI is InChI=1S/C11H13N5S/c1-8-5-9(2)16(10(12)6-8)14-11(17)15-4-3-13-7-15/h3-7,12H,1-2H3,(H,14,17). The Balaban J connectivity index is 2.31. The predicted octanol–water partition coefficient (Wildman–Crippen LogP) is 1.16. The first-order valence-corrected chi connectivity index (χ1v) is 5.53. The number of thiocarbonyl (C=S) groups is 1. The summed E-state index contributed by atoms with van der Waals surface area (Å²) in [6, 6.07) is 3.76. The average Bonchev–Trinajstić information content (AvgIpc) is 2.76. The highest BCUT2D eigenvalue weighted by molar-refractivity contribution is 7.80. The molecule has 0 saturated carbocycles. The highest BCUT2D eigenvalue weighted by atomic mass is 32.1. The average molecular weight is 247 g/mol. The molecule has 0 amide bonds. The molecule has 0 aliphatic rings. The molecule has 0 aliphatic carbocycles. The molecule has 2 rings (SSSR count). The van der Waals surface area contributed by atoms with E-state index < -0.39 is 0 Å². The van der Waals surface area contributed by atoms with Crippen LogP contribution in [0.25, 0.3) is 0 Å². The number of nitrogens with one attached hydrogen (secondary N) is 2. The third-order valence-corrected chi connectivity index (χ3v) is 2.64. The number of nitrogens with zero attached hydrogens (tertiary/aromatic N) is 3. The molecule has 6 heteroatoms. The lowest BCUT2D eigenvalue weighted by atomic mass is 10.2. The van der Waals surface area contributed by atoms with Crippen LogP contribution < -0.4 is 10.9 Å². The summed E-state index contributed by atoms with van der Waals surface area (Å²) >= 11 is 5.22. The third-order valence-electron chi connectivity index (χ3n) is 2.34. The SMILES string of the molecule is Cc1cc(C)n(NC(=S)n2ccnc2)c(=N)c1. The van der Waals surface area contributed by atoms with Gasteiger partial charge in [-0.05, 0) is 43.8 Å². The molecule has 17 heavy (non-hydrogen) atoms. The molecular weight excluding hydrogens is 234 g/mol. The quantitative estimate of drug-likeness (QED) is 0.743. The number of pyridine rings is 1. The molecule has 0 aromatic carbocycles. The summed E-state index contributed by atoms with van der Waals surface area (Å²) in [5.74, 6) is 0. The van der Waals surface area contributed by atoms with Gasteiger partial charge in [0.25, 0.3) is 0 Å². The molecule has 2 heterocycles. The summed E-state index contributed by atoms with van der Waals surface area (Å²) < 4.78 is 3.32. The van der Waals surface area contributed by atoms with Gasteiger partial charge in [-0.3, -0.25) is 15.4 Å². The predicted molar refractivity (Wildman–Crippen MR) is 69.3 cm³/mol. The van der Waals surface area contributed by atoms with Crippen molar-refractivity contribution in [3.63, 3.8) is 0 Å². The summed E-state index contributed by atoms with van der Waals surface area (Å²) in [5.41, 5.74) is 5.34. The highest BCUT2D eigenvalue weighted by Gasteiger charge is 2.02. The van der Waals surface area contributed by atoms with Gasteiger partial charge in [0.15, 0.2) is 5.11 Å². The molecule has 0 fully saturated rings. The minimum atomic E-state index is 0.366. The maximum absolute atomic E-state index is 7.89.